The summed E-state index contributed by atoms with van der Waals surface area (Å²) >= 11 is 1.90. The molecule has 2 rings (SSSR count). The van der Waals surface area contributed by atoms with Crippen LogP contribution in [0.3, 0.4) is 0 Å². The molecule has 0 radical (unpaired) electrons. The first kappa shape index (κ1) is 18.4. The lowest BCUT2D eigenvalue weighted by atomic mass is 10.0. The van der Waals surface area contributed by atoms with Crippen molar-refractivity contribution < 1.29 is 4.79 Å². The van der Waals surface area contributed by atoms with Crippen LogP contribution in [0.5, 0.6) is 0 Å². The predicted octanol–water partition coefficient (Wildman–Crippen LogP) is 5.74. The Kier molecular flexibility index (Phi) is 7.48. The maximum Gasteiger partial charge on any atom is 0.223 e. The highest BCUT2D eigenvalue weighted by atomic mass is 32.2. The van der Waals surface area contributed by atoms with Crippen molar-refractivity contribution in [2.24, 2.45) is 0 Å². The fourth-order valence-corrected chi connectivity index (χ4v) is 4.35. The second-order valence-corrected chi connectivity index (χ2v) is 7.98. The van der Waals surface area contributed by atoms with Crippen molar-refractivity contribution in [3.05, 3.63) is 35.4 Å². The fourth-order valence-electron chi connectivity index (χ4n) is 3.07. The van der Waals surface area contributed by atoms with Crippen LogP contribution in [0.4, 0.5) is 0 Å². The van der Waals surface area contributed by atoms with E-state index in [0.717, 1.165) is 18.7 Å². The number of hydrogen-bond acceptors (Lipinski definition) is 2. The molecule has 3 heteroatoms. The highest BCUT2D eigenvalue weighted by molar-refractivity contribution is 7.99. The molecule has 1 saturated heterocycles. The summed E-state index contributed by atoms with van der Waals surface area (Å²) in [4.78, 5) is 14.6. The third-order valence-electron chi connectivity index (χ3n) is 4.59. The number of thioether (sulfide) groups is 1. The Bertz CT molecular complexity index is 483. The van der Waals surface area contributed by atoms with Crippen molar-refractivity contribution >= 4 is 17.7 Å². The van der Waals surface area contributed by atoms with E-state index in [1.807, 2.05) is 11.8 Å². The predicted molar refractivity (Wildman–Crippen MR) is 101 cm³/mol. The molecule has 0 aliphatic carbocycles. The lowest BCUT2D eigenvalue weighted by molar-refractivity contribution is -0.131. The zero-order chi connectivity index (χ0) is 16.7. The van der Waals surface area contributed by atoms with Gasteiger partial charge in [-0.1, -0.05) is 70.7 Å². The second kappa shape index (κ2) is 9.36. The summed E-state index contributed by atoms with van der Waals surface area (Å²) in [5.41, 5.74) is 2.64. The smallest absolute Gasteiger partial charge is 0.223 e. The molecule has 0 bridgehead atoms. The number of hydrogen-bond donors (Lipinski definition) is 0. The van der Waals surface area contributed by atoms with E-state index in [0.29, 0.717) is 18.2 Å². The second-order valence-electron chi connectivity index (χ2n) is 6.80. The van der Waals surface area contributed by atoms with Gasteiger partial charge in [0, 0.05) is 18.7 Å². The Morgan fingerprint density at radius 2 is 1.87 bits per heavy atom. The van der Waals surface area contributed by atoms with Crippen molar-refractivity contribution in [3.63, 3.8) is 0 Å². The maximum atomic E-state index is 12.5. The SMILES string of the molecule is CCCCCCCC(=O)N1CCSC1c1ccc(C(C)C)cc1. The quantitative estimate of drug-likeness (QED) is 0.565. The van der Waals surface area contributed by atoms with Gasteiger partial charge >= 0.3 is 0 Å². The Balaban J connectivity index is 1.90. The zero-order valence-corrected chi connectivity index (χ0v) is 15.7. The van der Waals surface area contributed by atoms with Gasteiger partial charge in [0.25, 0.3) is 0 Å². The first-order valence-electron chi connectivity index (χ1n) is 9.14. The zero-order valence-electron chi connectivity index (χ0n) is 14.9. The van der Waals surface area contributed by atoms with Gasteiger partial charge in [-0.15, -0.1) is 11.8 Å². The van der Waals surface area contributed by atoms with Crippen LogP contribution >= 0.6 is 11.8 Å². The molecular weight excluding hydrogens is 302 g/mol. The molecule has 1 amide bonds. The molecule has 1 atom stereocenters. The molecule has 128 valence electrons. The monoisotopic (exact) mass is 333 g/mol. The minimum absolute atomic E-state index is 0.222. The summed E-state index contributed by atoms with van der Waals surface area (Å²) in [6.07, 6.45) is 6.75. The molecule has 1 aliphatic rings. The van der Waals surface area contributed by atoms with Crippen molar-refractivity contribution in [1.29, 1.82) is 0 Å². The summed E-state index contributed by atoms with van der Waals surface area (Å²) < 4.78 is 0. The Hall–Kier alpha value is -0.960. The van der Waals surface area contributed by atoms with Crippen molar-refractivity contribution in [1.82, 2.24) is 4.90 Å². The molecule has 1 aliphatic heterocycles. The average molecular weight is 334 g/mol. The van der Waals surface area contributed by atoms with Gasteiger partial charge in [0.15, 0.2) is 0 Å². The van der Waals surface area contributed by atoms with E-state index in [4.69, 9.17) is 0 Å². The van der Waals surface area contributed by atoms with E-state index in [1.54, 1.807) is 0 Å². The van der Waals surface area contributed by atoms with Crippen molar-refractivity contribution in [2.75, 3.05) is 12.3 Å². The van der Waals surface area contributed by atoms with Crippen LogP contribution < -0.4 is 0 Å². The van der Waals surface area contributed by atoms with Crippen LogP contribution in [-0.2, 0) is 4.79 Å². The minimum Gasteiger partial charge on any atom is -0.326 e. The molecule has 0 aromatic heterocycles. The number of rotatable bonds is 8. The normalized spacial score (nSPS) is 17.9. The van der Waals surface area contributed by atoms with Gasteiger partial charge in [0.2, 0.25) is 5.91 Å². The van der Waals surface area contributed by atoms with E-state index in [2.05, 4.69) is 49.9 Å². The molecule has 0 saturated carbocycles. The third kappa shape index (κ3) is 5.27. The summed E-state index contributed by atoms with van der Waals surface area (Å²) in [6, 6.07) is 8.85. The standard InChI is InChI=1S/C20H31NOS/c1-4-5-6-7-8-9-19(22)21-14-15-23-20(21)18-12-10-17(11-13-18)16(2)3/h10-13,16,20H,4-9,14-15H2,1-3H3. The Morgan fingerprint density at radius 1 is 1.17 bits per heavy atom. The molecule has 1 aromatic rings. The summed E-state index contributed by atoms with van der Waals surface area (Å²) in [5.74, 6) is 1.95. The largest absolute Gasteiger partial charge is 0.326 e. The first-order valence-corrected chi connectivity index (χ1v) is 10.2. The Morgan fingerprint density at radius 3 is 2.52 bits per heavy atom. The van der Waals surface area contributed by atoms with E-state index in [9.17, 15) is 4.79 Å². The number of carbonyl (C=O) groups excluding carboxylic acids is 1. The molecule has 1 aromatic carbocycles. The molecule has 1 heterocycles. The average Bonchev–Trinajstić information content (AvgIpc) is 3.04. The molecule has 23 heavy (non-hydrogen) atoms. The topological polar surface area (TPSA) is 20.3 Å². The highest BCUT2D eigenvalue weighted by Crippen LogP contribution is 2.38. The summed E-state index contributed by atoms with van der Waals surface area (Å²) in [5, 5.41) is 0.222. The van der Waals surface area contributed by atoms with Gasteiger partial charge in [0.05, 0.1) is 0 Å². The molecular formula is C20H31NOS. The van der Waals surface area contributed by atoms with Gasteiger partial charge in [0.1, 0.15) is 5.37 Å². The lowest BCUT2D eigenvalue weighted by Gasteiger charge is -2.24. The van der Waals surface area contributed by atoms with Crippen LogP contribution in [0.25, 0.3) is 0 Å². The fraction of sp³-hybridized carbons (Fsp3) is 0.650. The first-order chi connectivity index (χ1) is 11.1. The van der Waals surface area contributed by atoms with Crippen LogP contribution in [0.1, 0.15) is 81.7 Å². The maximum absolute atomic E-state index is 12.5. The van der Waals surface area contributed by atoms with Gasteiger partial charge < -0.3 is 4.90 Å². The molecule has 0 N–H and O–H groups in total. The van der Waals surface area contributed by atoms with Crippen LogP contribution in [-0.4, -0.2) is 23.1 Å². The van der Waals surface area contributed by atoms with Crippen molar-refractivity contribution in [2.45, 2.75) is 70.6 Å². The molecule has 0 spiro atoms. The van der Waals surface area contributed by atoms with E-state index in [1.165, 1.54) is 36.8 Å². The number of carbonyl (C=O) groups is 1. The minimum atomic E-state index is 0.222. The van der Waals surface area contributed by atoms with E-state index >= 15 is 0 Å². The number of amides is 1. The number of nitrogens with zero attached hydrogens (tertiary/aromatic N) is 1. The van der Waals surface area contributed by atoms with Gasteiger partial charge in [-0.3, -0.25) is 4.79 Å². The Labute approximate surface area is 146 Å². The van der Waals surface area contributed by atoms with Gasteiger partial charge in [-0.05, 0) is 23.5 Å². The lowest BCUT2D eigenvalue weighted by Crippen LogP contribution is -2.30. The van der Waals surface area contributed by atoms with Crippen LogP contribution in [0.2, 0.25) is 0 Å². The highest BCUT2D eigenvalue weighted by Gasteiger charge is 2.30. The van der Waals surface area contributed by atoms with E-state index < -0.39 is 0 Å². The van der Waals surface area contributed by atoms with E-state index in [-0.39, 0.29) is 5.37 Å². The molecule has 2 nitrogen and oxygen atoms in total. The number of unbranched alkanes of at least 4 members (excludes halogenated alkanes) is 4. The van der Waals surface area contributed by atoms with Crippen LogP contribution in [0.15, 0.2) is 24.3 Å². The molecule has 1 fully saturated rings. The van der Waals surface area contributed by atoms with Gasteiger partial charge in [-0.2, -0.15) is 0 Å². The van der Waals surface area contributed by atoms with Gasteiger partial charge in [-0.25, -0.2) is 0 Å². The third-order valence-corrected chi connectivity index (χ3v) is 5.85. The van der Waals surface area contributed by atoms with Crippen molar-refractivity contribution in [3.8, 4) is 0 Å². The molecule has 1 unspecified atom stereocenters. The summed E-state index contributed by atoms with van der Waals surface area (Å²) in [6.45, 7) is 7.55. The summed E-state index contributed by atoms with van der Waals surface area (Å²) in [7, 11) is 0. The van der Waals surface area contributed by atoms with Crippen LogP contribution in [0, 0.1) is 0 Å². The number of benzene rings is 1.